The molecule has 0 unspecified atom stereocenters. The van der Waals surface area contributed by atoms with E-state index in [-0.39, 0.29) is 5.56 Å². The van der Waals surface area contributed by atoms with Crippen LogP contribution in [0.3, 0.4) is 0 Å². The van der Waals surface area contributed by atoms with E-state index >= 15 is 0 Å². The Bertz CT molecular complexity index is 267. The smallest absolute Gasteiger partial charge is 0.271 e. The predicted octanol–water partition coefficient (Wildman–Crippen LogP) is 1.20. The van der Waals surface area contributed by atoms with Crippen molar-refractivity contribution in [3.8, 4) is 0 Å². The lowest BCUT2D eigenvalue weighted by Crippen LogP contribution is -2.13. The number of nitrogens with one attached hydrogen (secondary N) is 2. The standard InChI is InChI=1S/C8H12N2O/c1-2-5-9-7-4-3-6-10-8(7)11/h3-4,6,9H,2,5H2,1H3,(H,10,11). The van der Waals surface area contributed by atoms with Gasteiger partial charge in [0.15, 0.2) is 0 Å². The highest BCUT2D eigenvalue weighted by molar-refractivity contribution is 5.39. The van der Waals surface area contributed by atoms with Gasteiger partial charge in [0.05, 0.1) is 0 Å². The highest BCUT2D eigenvalue weighted by Crippen LogP contribution is 1.94. The van der Waals surface area contributed by atoms with Crippen LogP contribution in [-0.2, 0) is 0 Å². The first-order chi connectivity index (χ1) is 5.34. The minimum atomic E-state index is -0.0547. The second-order valence-corrected chi connectivity index (χ2v) is 2.34. The molecular weight excluding hydrogens is 140 g/mol. The van der Waals surface area contributed by atoms with Crippen molar-refractivity contribution in [2.24, 2.45) is 0 Å². The van der Waals surface area contributed by atoms with E-state index in [1.807, 2.05) is 0 Å². The van der Waals surface area contributed by atoms with Gasteiger partial charge in [-0.3, -0.25) is 4.79 Å². The second-order valence-electron chi connectivity index (χ2n) is 2.34. The van der Waals surface area contributed by atoms with Gasteiger partial charge >= 0.3 is 0 Å². The minimum absolute atomic E-state index is 0.0547. The lowest BCUT2D eigenvalue weighted by atomic mass is 10.4. The van der Waals surface area contributed by atoms with E-state index in [2.05, 4.69) is 17.2 Å². The van der Waals surface area contributed by atoms with Crippen LogP contribution in [0, 0.1) is 0 Å². The predicted molar refractivity (Wildman–Crippen MR) is 45.8 cm³/mol. The average molecular weight is 152 g/mol. The monoisotopic (exact) mass is 152 g/mol. The van der Waals surface area contributed by atoms with Crippen molar-refractivity contribution in [2.75, 3.05) is 11.9 Å². The summed E-state index contributed by atoms with van der Waals surface area (Å²) in [5.41, 5.74) is 0.593. The molecule has 0 aliphatic rings. The second kappa shape index (κ2) is 3.81. The third kappa shape index (κ3) is 2.11. The van der Waals surface area contributed by atoms with Crippen LogP contribution in [0.1, 0.15) is 13.3 Å². The van der Waals surface area contributed by atoms with Gasteiger partial charge in [-0.1, -0.05) is 6.92 Å². The Morgan fingerprint density at radius 3 is 3.09 bits per heavy atom. The number of anilines is 1. The Labute approximate surface area is 65.5 Å². The van der Waals surface area contributed by atoms with Crippen molar-refractivity contribution in [1.82, 2.24) is 4.98 Å². The molecule has 3 nitrogen and oxygen atoms in total. The molecular formula is C8H12N2O. The Balaban J connectivity index is 2.70. The number of hydrogen-bond donors (Lipinski definition) is 2. The summed E-state index contributed by atoms with van der Waals surface area (Å²) in [6.45, 7) is 2.90. The van der Waals surface area contributed by atoms with Gasteiger partial charge in [-0.15, -0.1) is 0 Å². The van der Waals surface area contributed by atoms with E-state index in [4.69, 9.17) is 0 Å². The van der Waals surface area contributed by atoms with Crippen molar-refractivity contribution in [3.05, 3.63) is 28.7 Å². The third-order valence-electron chi connectivity index (χ3n) is 1.38. The van der Waals surface area contributed by atoms with Crippen LogP contribution in [0.5, 0.6) is 0 Å². The van der Waals surface area contributed by atoms with Crippen LogP contribution in [-0.4, -0.2) is 11.5 Å². The largest absolute Gasteiger partial charge is 0.381 e. The Morgan fingerprint density at radius 2 is 2.45 bits per heavy atom. The number of H-pyrrole nitrogens is 1. The van der Waals surface area contributed by atoms with Gasteiger partial charge in [-0.05, 0) is 18.6 Å². The van der Waals surface area contributed by atoms with Crippen LogP contribution in [0.25, 0.3) is 0 Å². The summed E-state index contributed by atoms with van der Waals surface area (Å²) < 4.78 is 0. The quantitative estimate of drug-likeness (QED) is 0.683. The fourth-order valence-corrected chi connectivity index (χ4v) is 0.820. The van der Waals surface area contributed by atoms with Crippen molar-refractivity contribution >= 4 is 5.69 Å². The topological polar surface area (TPSA) is 44.9 Å². The maximum absolute atomic E-state index is 11.0. The SMILES string of the molecule is CCCNc1ccc[nH]c1=O. The van der Waals surface area contributed by atoms with Crippen molar-refractivity contribution in [2.45, 2.75) is 13.3 Å². The first-order valence-electron chi connectivity index (χ1n) is 3.76. The summed E-state index contributed by atoms with van der Waals surface area (Å²) in [7, 11) is 0. The van der Waals surface area contributed by atoms with Gasteiger partial charge < -0.3 is 10.3 Å². The summed E-state index contributed by atoms with van der Waals surface area (Å²) in [5, 5.41) is 3.02. The lowest BCUT2D eigenvalue weighted by molar-refractivity contribution is 0.974. The van der Waals surface area contributed by atoms with E-state index in [1.165, 1.54) is 0 Å². The van der Waals surface area contributed by atoms with Crippen molar-refractivity contribution in [1.29, 1.82) is 0 Å². The molecule has 0 aliphatic heterocycles. The van der Waals surface area contributed by atoms with Crippen LogP contribution < -0.4 is 10.9 Å². The normalized spacial score (nSPS) is 9.55. The van der Waals surface area contributed by atoms with E-state index in [0.717, 1.165) is 13.0 Å². The molecule has 60 valence electrons. The molecule has 0 fully saturated rings. The summed E-state index contributed by atoms with van der Waals surface area (Å²) in [4.78, 5) is 13.6. The Morgan fingerprint density at radius 1 is 1.64 bits per heavy atom. The number of rotatable bonds is 3. The zero-order chi connectivity index (χ0) is 8.10. The highest BCUT2D eigenvalue weighted by Gasteiger charge is 1.92. The molecule has 1 aromatic heterocycles. The maximum Gasteiger partial charge on any atom is 0.271 e. The van der Waals surface area contributed by atoms with Gasteiger partial charge in [0.1, 0.15) is 5.69 Å². The molecule has 0 bridgehead atoms. The molecule has 1 rings (SSSR count). The zero-order valence-corrected chi connectivity index (χ0v) is 6.55. The molecule has 0 aromatic carbocycles. The van der Waals surface area contributed by atoms with E-state index in [9.17, 15) is 4.79 Å². The number of aromatic amines is 1. The van der Waals surface area contributed by atoms with Gasteiger partial charge in [0.25, 0.3) is 5.56 Å². The Hall–Kier alpha value is -1.25. The molecule has 0 spiro atoms. The first kappa shape index (κ1) is 7.85. The molecule has 11 heavy (non-hydrogen) atoms. The molecule has 1 heterocycles. The summed E-state index contributed by atoms with van der Waals surface area (Å²) >= 11 is 0. The minimum Gasteiger partial charge on any atom is -0.381 e. The third-order valence-corrected chi connectivity index (χ3v) is 1.38. The van der Waals surface area contributed by atoms with Crippen LogP contribution >= 0.6 is 0 Å². The summed E-state index contributed by atoms with van der Waals surface area (Å²) in [6.07, 6.45) is 2.65. The average Bonchev–Trinajstić information content (AvgIpc) is 2.03. The van der Waals surface area contributed by atoms with Crippen LogP contribution in [0.4, 0.5) is 5.69 Å². The molecule has 0 saturated heterocycles. The number of aromatic nitrogens is 1. The number of hydrogen-bond acceptors (Lipinski definition) is 2. The van der Waals surface area contributed by atoms with Crippen molar-refractivity contribution < 1.29 is 0 Å². The molecule has 1 aromatic rings. The van der Waals surface area contributed by atoms with Gasteiger partial charge in [0.2, 0.25) is 0 Å². The van der Waals surface area contributed by atoms with Gasteiger partial charge in [-0.25, -0.2) is 0 Å². The summed E-state index contributed by atoms with van der Waals surface area (Å²) in [5.74, 6) is 0. The fraction of sp³-hybridized carbons (Fsp3) is 0.375. The Kier molecular flexibility index (Phi) is 2.72. The van der Waals surface area contributed by atoms with Crippen molar-refractivity contribution in [3.63, 3.8) is 0 Å². The molecule has 0 amide bonds. The highest BCUT2D eigenvalue weighted by atomic mass is 16.1. The molecule has 0 atom stereocenters. The summed E-state index contributed by atoms with van der Waals surface area (Å²) in [6, 6.07) is 3.58. The van der Waals surface area contributed by atoms with E-state index in [0.29, 0.717) is 5.69 Å². The molecule has 0 aliphatic carbocycles. The number of pyridine rings is 1. The molecule has 3 heteroatoms. The van der Waals surface area contributed by atoms with E-state index < -0.39 is 0 Å². The van der Waals surface area contributed by atoms with Crippen LogP contribution in [0.2, 0.25) is 0 Å². The van der Waals surface area contributed by atoms with E-state index in [1.54, 1.807) is 18.3 Å². The maximum atomic E-state index is 11.0. The molecule has 0 saturated carbocycles. The zero-order valence-electron chi connectivity index (χ0n) is 6.55. The lowest BCUT2D eigenvalue weighted by Gasteiger charge is -2.00. The van der Waals surface area contributed by atoms with Gasteiger partial charge in [-0.2, -0.15) is 0 Å². The molecule has 0 radical (unpaired) electrons. The van der Waals surface area contributed by atoms with Crippen LogP contribution in [0.15, 0.2) is 23.1 Å². The fourth-order valence-electron chi connectivity index (χ4n) is 0.820. The molecule has 2 N–H and O–H groups in total. The first-order valence-corrected chi connectivity index (χ1v) is 3.76. The van der Waals surface area contributed by atoms with Gasteiger partial charge in [0, 0.05) is 12.7 Å².